The van der Waals surface area contributed by atoms with E-state index < -0.39 is 120 Å². The molecule has 0 heterocycles. The van der Waals surface area contributed by atoms with Crippen LogP contribution >= 0.6 is 0 Å². The van der Waals surface area contributed by atoms with Crippen LogP contribution in [-0.4, -0.2) is 161 Å². The summed E-state index contributed by atoms with van der Waals surface area (Å²) in [6, 6.07) is -5.49. The van der Waals surface area contributed by atoms with E-state index in [2.05, 4.69) is 47.5 Å². The molecule has 0 saturated carbocycles. The minimum Gasteiger partial charge on any atom is -0.508 e. The van der Waals surface area contributed by atoms with Crippen LogP contribution in [0.1, 0.15) is 117 Å². The lowest BCUT2D eigenvalue weighted by Crippen LogP contribution is -2.61. The highest BCUT2D eigenvalue weighted by Crippen LogP contribution is 2.14. The van der Waals surface area contributed by atoms with Gasteiger partial charge in [-0.3, -0.25) is 48.1 Å². The fraction of sp³-hybridized carbons (Fsp3) is 0.660. The van der Waals surface area contributed by atoms with Gasteiger partial charge in [-0.05, 0) is 120 Å². The minimum absolute atomic E-state index is 0.00541. The number of phenolic OH excluding ortho intramolecular Hbond substituents is 1. The van der Waals surface area contributed by atoms with Gasteiger partial charge >= 0.3 is 5.97 Å². The van der Waals surface area contributed by atoms with Crippen LogP contribution in [0.15, 0.2) is 29.3 Å². The summed E-state index contributed by atoms with van der Waals surface area (Å²) in [4.78, 5) is 138. The van der Waals surface area contributed by atoms with Crippen LogP contribution in [-0.2, 0) is 54.4 Å². The van der Waals surface area contributed by atoms with Crippen LogP contribution in [0.5, 0.6) is 5.75 Å². The number of hydrogen-bond acceptors (Lipinski definition) is 16. The van der Waals surface area contributed by atoms with E-state index in [1.54, 1.807) is 27.7 Å². The van der Waals surface area contributed by atoms with Crippen molar-refractivity contribution in [3.05, 3.63) is 29.8 Å². The number of carbonyl (C=O) groups excluding carboxylic acids is 9. The molecule has 440 valence electrons. The number of amides is 9. The molecule has 1 aromatic carbocycles. The van der Waals surface area contributed by atoms with Gasteiger partial charge in [0.2, 0.25) is 53.2 Å². The first-order chi connectivity index (χ1) is 36.7. The van der Waals surface area contributed by atoms with Crippen LogP contribution in [0.25, 0.3) is 0 Å². The smallest absolute Gasteiger partial charge is 0.326 e. The zero-order chi connectivity index (χ0) is 59.1. The number of aliphatic hydroxyl groups is 1. The second-order valence-corrected chi connectivity index (χ2v) is 19.9. The number of aliphatic imine (C=N–C) groups is 1. The van der Waals surface area contributed by atoms with E-state index in [0.29, 0.717) is 31.2 Å². The van der Waals surface area contributed by atoms with E-state index in [1.807, 2.05) is 0 Å². The minimum atomic E-state index is -1.68. The lowest BCUT2D eigenvalue weighted by Gasteiger charge is -2.29. The van der Waals surface area contributed by atoms with Crippen molar-refractivity contribution in [2.45, 2.75) is 173 Å². The number of aliphatic hydroxyl groups excluding tert-OH is 1. The molecule has 1 aromatic rings. The summed E-state index contributed by atoms with van der Waals surface area (Å²) in [6.07, 6.45) is -0.878. The molecule has 9 amide bonds. The molecule has 28 nitrogen and oxygen atoms in total. The van der Waals surface area contributed by atoms with Gasteiger partial charge in [-0.1, -0.05) is 39.8 Å². The highest BCUT2D eigenvalue weighted by molar-refractivity contribution is 5.98. The number of carboxylic acid groups (broad SMARTS) is 1. The summed E-state index contributed by atoms with van der Waals surface area (Å²) in [6.45, 7) is 8.24. The van der Waals surface area contributed by atoms with E-state index in [4.69, 9.17) is 34.4 Å². The van der Waals surface area contributed by atoms with Gasteiger partial charge in [0, 0.05) is 19.4 Å². The molecule has 0 saturated heterocycles. The van der Waals surface area contributed by atoms with Crippen LogP contribution < -0.4 is 76.9 Å². The standard InChI is InChI=1S/C50H87N15O13/c1-27(2)23-36(63-44(72)33(12-7-9-21-52)62-48(76)41(29(5)66)65-47(75)37(58-40(69)26-53)25-30-14-16-31(67)17-15-30)46(74)60-34(13-10-22-57-50(55)56)43(71)59-32(11-6-8-20-51)42(70)61-35(18-19-39(54)68)45(73)64-38(49(77)78)24-28(3)4/h14-17,27-29,32-38,41,66-67H,6-13,18-26,51-53H2,1-5H3,(H2,54,68)(H,58,69)(H,59,71)(H,60,74)(H,61,70)(H,62,76)(H,63,72)(H,64,73)(H,65,75)(H,77,78)(H4,55,56,57)/t29-,32+,33+,34+,35+,36+,37+,38+,41+/m1/s1. The summed E-state index contributed by atoms with van der Waals surface area (Å²) in [5.41, 5.74) is 33.9. The third kappa shape index (κ3) is 27.7. The largest absolute Gasteiger partial charge is 0.508 e. The Hall–Kier alpha value is -7.17. The molecular weight excluding hydrogens is 1020 g/mol. The molecule has 0 aliphatic rings. The third-order valence-electron chi connectivity index (χ3n) is 12.0. The van der Waals surface area contributed by atoms with E-state index in [-0.39, 0.29) is 101 Å². The van der Waals surface area contributed by atoms with E-state index in [9.17, 15) is 63.3 Å². The van der Waals surface area contributed by atoms with Crippen LogP contribution in [0, 0.1) is 11.8 Å². The average Bonchev–Trinajstić information content (AvgIpc) is 3.36. The predicted octanol–water partition coefficient (Wildman–Crippen LogP) is -4.09. The van der Waals surface area contributed by atoms with Gasteiger partial charge < -0.3 is 92.3 Å². The number of phenols is 1. The normalized spacial score (nSPS) is 14.6. The number of carbonyl (C=O) groups is 10. The number of benzene rings is 1. The molecule has 0 aliphatic heterocycles. The van der Waals surface area contributed by atoms with Crippen molar-refractivity contribution in [1.82, 2.24) is 42.5 Å². The van der Waals surface area contributed by atoms with Gasteiger partial charge in [0.05, 0.1) is 12.6 Å². The number of primary amides is 1. The van der Waals surface area contributed by atoms with Crippen molar-refractivity contribution in [1.29, 1.82) is 0 Å². The zero-order valence-corrected chi connectivity index (χ0v) is 45.5. The SMILES string of the molecule is CC(C)C[C@H](NC(=O)[C@H](CCC(N)=O)NC(=O)[C@H](CCCCN)NC(=O)[C@H](CCCN=C(N)N)NC(=O)[C@H](CC(C)C)NC(=O)[C@H](CCCCN)NC(=O)[C@@H](NC(=O)[C@H](Cc1ccc(O)cc1)NC(=O)CN)[C@@H](C)O)C(=O)O. The predicted molar refractivity (Wildman–Crippen MR) is 289 cm³/mol. The number of carboxylic acids is 1. The maximum atomic E-state index is 14.4. The summed E-state index contributed by atoms with van der Waals surface area (Å²) in [7, 11) is 0. The van der Waals surface area contributed by atoms with E-state index in [0.717, 1.165) is 0 Å². The van der Waals surface area contributed by atoms with Crippen LogP contribution in [0.4, 0.5) is 0 Å². The van der Waals surface area contributed by atoms with E-state index in [1.165, 1.54) is 31.2 Å². The number of aliphatic carboxylic acids is 1. The molecule has 0 spiro atoms. The number of unbranched alkanes of at least 4 members (excludes halogenated alkanes) is 2. The Morgan fingerprint density at radius 2 is 0.923 bits per heavy atom. The second kappa shape index (κ2) is 36.8. The Morgan fingerprint density at radius 1 is 0.513 bits per heavy atom. The van der Waals surface area contributed by atoms with Crippen LogP contribution in [0.3, 0.4) is 0 Å². The van der Waals surface area contributed by atoms with Crippen molar-refractivity contribution in [2.24, 2.45) is 51.2 Å². The maximum absolute atomic E-state index is 14.4. The Kier molecular flexibility index (Phi) is 32.5. The molecule has 0 bridgehead atoms. The monoisotopic (exact) mass is 1110 g/mol. The lowest BCUT2D eigenvalue weighted by molar-refractivity contribution is -0.143. The average molecular weight is 1110 g/mol. The van der Waals surface area contributed by atoms with Gasteiger partial charge in [0.25, 0.3) is 0 Å². The second-order valence-electron chi connectivity index (χ2n) is 19.9. The maximum Gasteiger partial charge on any atom is 0.326 e. The summed E-state index contributed by atoms with van der Waals surface area (Å²) >= 11 is 0. The molecule has 0 aromatic heterocycles. The lowest BCUT2D eigenvalue weighted by atomic mass is 10.00. The molecule has 28 heteroatoms. The molecule has 0 aliphatic carbocycles. The number of nitrogens with one attached hydrogen (secondary N) is 8. The first-order valence-corrected chi connectivity index (χ1v) is 26.3. The number of aromatic hydroxyl groups is 1. The van der Waals surface area contributed by atoms with Crippen molar-refractivity contribution in [2.75, 3.05) is 26.2 Å². The Bertz CT molecular complexity index is 2140. The van der Waals surface area contributed by atoms with Crippen molar-refractivity contribution < 1.29 is 63.3 Å². The summed E-state index contributed by atoms with van der Waals surface area (Å²) < 4.78 is 0. The van der Waals surface area contributed by atoms with Crippen molar-refractivity contribution >= 4 is 65.1 Å². The van der Waals surface area contributed by atoms with Crippen LogP contribution in [0.2, 0.25) is 0 Å². The zero-order valence-electron chi connectivity index (χ0n) is 45.5. The number of hydrogen-bond donors (Lipinski definition) is 17. The van der Waals surface area contributed by atoms with Gasteiger partial charge in [0.15, 0.2) is 5.96 Å². The third-order valence-corrected chi connectivity index (χ3v) is 12.0. The highest BCUT2D eigenvalue weighted by atomic mass is 16.4. The van der Waals surface area contributed by atoms with Crippen molar-refractivity contribution in [3.63, 3.8) is 0 Å². The summed E-state index contributed by atoms with van der Waals surface area (Å²) in [5.74, 6) is -9.76. The fourth-order valence-corrected chi connectivity index (χ4v) is 7.86. The molecule has 0 unspecified atom stereocenters. The van der Waals surface area contributed by atoms with Gasteiger partial charge in [0.1, 0.15) is 54.1 Å². The summed E-state index contributed by atoms with van der Waals surface area (Å²) in [5, 5.41) is 50.7. The number of rotatable bonds is 39. The Morgan fingerprint density at radius 3 is 1.35 bits per heavy atom. The first-order valence-electron chi connectivity index (χ1n) is 26.3. The fourth-order valence-electron chi connectivity index (χ4n) is 7.86. The molecular formula is C50H87N15O13. The van der Waals surface area contributed by atoms with Gasteiger partial charge in [-0.2, -0.15) is 0 Å². The molecule has 23 N–H and O–H groups in total. The molecule has 0 fully saturated rings. The molecule has 9 atom stereocenters. The van der Waals surface area contributed by atoms with E-state index >= 15 is 0 Å². The molecule has 78 heavy (non-hydrogen) atoms. The quantitative estimate of drug-likeness (QED) is 0.0169. The van der Waals surface area contributed by atoms with Crippen molar-refractivity contribution in [3.8, 4) is 5.75 Å². The topological polar surface area (TPSA) is 496 Å². The number of guanidine groups is 1. The van der Waals surface area contributed by atoms with Gasteiger partial charge in [-0.15, -0.1) is 0 Å². The Balaban J connectivity index is 3.59. The number of nitrogens with zero attached hydrogens (tertiary/aromatic N) is 1. The molecule has 0 radical (unpaired) electrons. The number of nitrogens with two attached hydrogens (primary N) is 6. The first kappa shape index (κ1) is 68.8. The molecule has 1 rings (SSSR count). The highest BCUT2D eigenvalue weighted by Gasteiger charge is 2.36. The van der Waals surface area contributed by atoms with Gasteiger partial charge in [-0.25, -0.2) is 4.79 Å². The Labute approximate surface area is 455 Å².